The van der Waals surface area contributed by atoms with Crippen LogP contribution >= 0.6 is 0 Å². The molecule has 0 aliphatic rings. The van der Waals surface area contributed by atoms with E-state index in [0.29, 0.717) is 6.42 Å². The average molecular weight is 203 g/mol. The normalized spacial score (nSPS) is 11.5. The first-order valence-electron chi connectivity index (χ1n) is 4.72. The number of nitrogens with zero attached hydrogens (tertiary/aromatic N) is 1. The van der Waals surface area contributed by atoms with E-state index in [1.54, 1.807) is 6.19 Å². The molecule has 3 N–H and O–H groups in total. The van der Waals surface area contributed by atoms with Gasteiger partial charge in [-0.3, -0.25) is 10.1 Å². The van der Waals surface area contributed by atoms with Crippen molar-refractivity contribution in [2.75, 3.05) is 0 Å². The zero-order valence-corrected chi connectivity index (χ0v) is 8.31. The van der Waals surface area contributed by atoms with Crippen molar-refractivity contribution in [2.45, 2.75) is 18.9 Å². The van der Waals surface area contributed by atoms with Crippen molar-refractivity contribution in [2.24, 2.45) is 5.73 Å². The van der Waals surface area contributed by atoms with Crippen LogP contribution in [0.1, 0.15) is 12.0 Å². The smallest absolute Gasteiger partial charge is 0.249 e. The highest BCUT2D eigenvalue weighted by Crippen LogP contribution is 2.03. The van der Waals surface area contributed by atoms with Crippen LogP contribution in [0.25, 0.3) is 0 Å². The van der Waals surface area contributed by atoms with Gasteiger partial charge >= 0.3 is 0 Å². The van der Waals surface area contributed by atoms with Gasteiger partial charge in [0.25, 0.3) is 0 Å². The van der Waals surface area contributed by atoms with Gasteiger partial charge in [0.1, 0.15) is 0 Å². The van der Waals surface area contributed by atoms with Crippen LogP contribution in [0.3, 0.4) is 0 Å². The molecule has 4 nitrogen and oxygen atoms in total. The van der Waals surface area contributed by atoms with Crippen molar-refractivity contribution >= 4 is 5.91 Å². The second kappa shape index (κ2) is 5.78. The highest BCUT2D eigenvalue weighted by molar-refractivity contribution is 5.82. The first-order chi connectivity index (χ1) is 7.24. The van der Waals surface area contributed by atoms with Gasteiger partial charge in [0, 0.05) is 0 Å². The molecule has 0 saturated heterocycles. The number of benzene rings is 1. The summed E-state index contributed by atoms with van der Waals surface area (Å²) in [6.45, 7) is 0. The van der Waals surface area contributed by atoms with E-state index in [9.17, 15) is 4.79 Å². The molecule has 0 radical (unpaired) electrons. The molecule has 1 amide bonds. The van der Waals surface area contributed by atoms with E-state index in [-0.39, 0.29) is 0 Å². The Labute approximate surface area is 88.7 Å². The van der Waals surface area contributed by atoms with Crippen LogP contribution in [-0.4, -0.2) is 11.9 Å². The number of amides is 1. The van der Waals surface area contributed by atoms with Gasteiger partial charge in [-0.2, -0.15) is 5.26 Å². The van der Waals surface area contributed by atoms with Crippen LogP contribution in [0.5, 0.6) is 0 Å². The Bertz CT molecular complexity index is 356. The van der Waals surface area contributed by atoms with E-state index in [1.807, 2.05) is 35.6 Å². The van der Waals surface area contributed by atoms with Crippen molar-refractivity contribution in [1.82, 2.24) is 5.32 Å². The van der Waals surface area contributed by atoms with Crippen LogP contribution in [0.15, 0.2) is 30.3 Å². The van der Waals surface area contributed by atoms with E-state index in [4.69, 9.17) is 11.0 Å². The molecule has 0 bridgehead atoms. The summed E-state index contributed by atoms with van der Waals surface area (Å²) in [7, 11) is 0. The van der Waals surface area contributed by atoms with E-state index in [2.05, 4.69) is 0 Å². The Kier molecular flexibility index (Phi) is 4.32. The molecule has 1 rings (SSSR count). The fraction of sp³-hybridized carbons (Fsp3) is 0.273. The van der Waals surface area contributed by atoms with Gasteiger partial charge in [-0.15, -0.1) is 0 Å². The molecule has 15 heavy (non-hydrogen) atoms. The van der Waals surface area contributed by atoms with Gasteiger partial charge in [0.05, 0.1) is 6.04 Å². The van der Waals surface area contributed by atoms with E-state index < -0.39 is 11.9 Å². The average Bonchev–Trinajstić information content (AvgIpc) is 2.27. The van der Waals surface area contributed by atoms with Crippen molar-refractivity contribution in [3.8, 4) is 6.19 Å². The summed E-state index contributed by atoms with van der Waals surface area (Å²) < 4.78 is 0. The van der Waals surface area contributed by atoms with Crippen LogP contribution in [0, 0.1) is 11.5 Å². The summed E-state index contributed by atoms with van der Waals surface area (Å²) in [5, 5.41) is 10.3. The van der Waals surface area contributed by atoms with E-state index >= 15 is 0 Å². The molecular formula is C11H13N3O. The lowest BCUT2D eigenvalue weighted by Gasteiger charge is -2.08. The molecular weight excluding hydrogens is 190 g/mol. The highest BCUT2D eigenvalue weighted by Gasteiger charge is 2.12. The van der Waals surface area contributed by atoms with E-state index in [0.717, 1.165) is 12.0 Å². The second-order valence-electron chi connectivity index (χ2n) is 3.23. The number of nitrogens with one attached hydrogen (secondary N) is 1. The minimum Gasteiger partial charge on any atom is -0.320 e. The third kappa shape index (κ3) is 3.79. The van der Waals surface area contributed by atoms with Gasteiger partial charge in [-0.25, -0.2) is 0 Å². The summed E-state index contributed by atoms with van der Waals surface area (Å²) in [5.41, 5.74) is 6.72. The zero-order chi connectivity index (χ0) is 11.1. The number of nitrogens with two attached hydrogens (primary N) is 1. The molecule has 0 fully saturated rings. The maximum Gasteiger partial charge on any atom is 0.249 e. The van der Waals surface area contributed by atoms with Crippen molar-refractivity contribution in [3.05, 3.63) is 35.9 Å². The Balaban J connectivity index is 2.38. The van der Waals surface area contributed by atoms with Crippen molar-refractivity contribution < 1.29 is 4.79 Å². The van der Waals surface area contributed by atoms with Crippen molar-refractivity contribution in [3.63, 3.8) is 0 Å². The summed E-state index contributed by atoms with van der Waals surface area (Å²) in [6.07, 6.45) is 2.84. The number of carbonyl (C=O) groups excluding carboxylic acids is 1. The minimum absolute atomic E-state index is 0.423. The summed E-state index contributed by atoms with van der Waals surface area (Å²) in [5.74, 6) is -0.423. The van der Waals surface area contributed by atoms with Crippen molar-refractivity contribution in [1.29, 1.82) is 5.26 Å². The topological polar surface area (TPSA) is 78.9 Å². The number of nitriles is 1. The maximum atomic E-state index is 11.1. The van der Waals surface area contributed by atoms with E-state index in [1.165, 1.54) is 0 Å². The minimum atomic E-state index is -0.621. The number of hydrogen-bond donors (Lipinski definition) is 2. The molecule has 4 heteroatoms. The van der Waals surface area contributed by atoms with Gasteiger partial charge in [0.2, 0.25) is 5.91 Å². The Morgan fingerprint density at radius 1 is 1.47 bits per heavy atom. The Morgan fingerprint density at radius 3 is 2.73 bits per heavy atom. The standard InChI is InChI=1S/C11H13N3O/c12-8-14-11(15)10(13)7-6-9-4-2-1-3-5-9/h1-5,10H,6-7,13H2,(H,14,15). The Hall–Kier alpha value is -1.86. The summed E-state index contributed by atoms with van der Waals surface area (Å²) in [6, 6.07) is 9.16. The third-order valence-corrected chi connectivity index (χ3v) is 2.10. The van der Waals surface area contributed by atoms with Gasteiger partial charge < -0.3 is 5.73 Å². The molecule has 0 aliphatic heterocycles. The summed E-state index contributed by atoms with van der Waals surface area (Å²) in [4.78, 5) is 11.1. The molecule has 1 aromatic carbocycles. The number of carbonyl (C=O) groups is 1. The molecule has 0 spiro atoms. The number of aryl methyl sites for hydroxylation is 1. The molecule has 0 saturated carbocycles. The van der Waals surface area contributed by atoms with Gasteiger partial charge in [-0.1, -0.05) is 30.3 Å². The first-order valence-corrected chi connectivity index (χ1v) is 4.72. The van der Waals surface area contributed by atoms with Crippen LogP contribution in [0.2, 0.25) is 0 Å². The Morgan fingerprint density at radius 2 is 2.13 bits per heavy atom. The molecule has 1 atom stereocenters. The maximum absolute atomic E-state index is 11.1. The lowest BCUT2D eigenvalue weighted by molar-refractivity contribution is -0.121. The predicted molar refractivity (Wildman–Crippen MR) is 56.5 cm³/mol. The molecule has 0 aromatic heterocycles. The monoisotopic (exact) mass is 203 g/mol. The predicted octanol–water partition coefficient (Wildman–Crippen LogP) is 0.544. The highest BCUT2D eigenvalue weighted by atomic mass is 16.2. The lowest BCUT2D eigenvalue weighted by Crippen LogP contribution is -2.38. The fourth-order valence-electron chi connectivity index (χ4n) is 1.25. The molecule has 1 unspecified atom stereocenters. The van der Waals surface area contributed by atoms with Gasteiger partial charge in [-0.05, 0) is 18.4 Å². The quantitative estimate of drug-likeness (QED) is 0.554. The zero-order valence-electron chi connectivity index (χ0n) is 8.31. The van der Waals surface area contributed by atoms with Crippen LogP contribution < -0.4 is 11.1 Å². The molecule has 0 aliphatic carbocycles. The SMILES string of the molecule is N#CNC(=O)C(N)CCc1ccccc1. The largest absolute Gasteiger partial charge is 0.320 e. The van der Waals surface area contributed by atoms with Gasteiger partial charge in [0.15, 0.2) is 6.19 Å². The van der Waals surface area contributed by atoms with Crippen LogP contribution in [-0.2, 0) is 11.2 Å². The lowest BCUT2D eigenvalue weighted by atomic mass is 10.1. The third-order valence-electron chi connectivity index (χ3n) is 2.10. The number of hydrogen-bond acceptors (Lipinski definition) is 3. The molecule has 1 aromatic rings. The molecule has 0 heterocycles. The molecule has 78 valence electrons. The summed E-state index contributed by atoms with van der Waals surface area (Å²) >= 11 is 0. The fourth-order valence-corrected chi connectivity index (χ4v) is 1.25. The first kappa shape index (κ1) is 11.2. The number of rotatable bonds is 4. The van der Waals surface area contributed by atoms with Crippen LogP contribution in [0.4, 0.5) is 0 Å². The second-order valence-corrected chi connectivity index (χ2v) is 3.23.